The second-order valence-electron chi connectivity index (χ2n) is 8.75. The van der Waals surface area contributed by atoms with Gasteiger partial charge in [0, 0.05) is 35.6 Å². The molecule has 1 N–H and O–H groups in total. The van der Waals surface area contributed by atoms with E-state index in [-0.39, 0.29) is 35.3 Å². The molecule has 2 saturated heterocycles. The average molecular weight is 383 g/mol. The van der Waals surface area contributed by atoms with Crippen LogP contribution in [0.5, 0.6) is 0 Å². The number of aromatic amines is 1. The number of hydrogen-bond donors (Lipinski definition) is 1. The van der Waals surface area contributed by atoms with E-state index in [9.17, 15) is 9.59 Å². The maximum Gasteiger partial charge on any atom is 0.312 e. The van der Waals surface area contributed by atoms with Crippen molar-refractivity contribution in [2.24, 2.45) is 5.41 Å². The molecule has 5 nitrogen and oxygen atoms in total. The number of carbonyl (C=O) groups excluding carboxylic acids is 2. The Balaban J connectivity index is 1.51. The number of rotatable bonds is 5. The van der Waals surface area contributed by atoms with Gasteiger partial charge in [0.1, 0.15) is 0 Å². The minimum atomic E-state index is -0.351. The zero-order valence-electron chi connectivity index (χ0n) is 17.2. The van der Waals surface area contributed by atoms with Gasteiger partial charge < -0.3 is 14.6 Å². The quantitative estimate of drug-likeness (QED) is 0.784. The number of hydrogen-bond acceptors (Lipinski definition) is 3. The minimum absolute atomic E-state index is 0.100. The summed E-state index contributed by atoms with van der Waals surface area (Å²) in [5.41, 5.74) is 3.22. The van der Waals surface area contributed by atoms with Gasteiger partial charge in [-0.3, -0.25) is 9.59 Å². The third-order valence-electron chi connectivity index (χ3n) is 7.00. The highest BCUT2D eigenvalue weighted by molar-refractivity contribution is 5.88. The lowest BCUT2D eigenvalue weighted by Crippen LogP contribution is -2.66. The molecule has 1 amide bonds. The monoisotopic (exact) mass is 382 g/mol. The molecular formula is C23H30N2O3. The molecule has 3 fully saturated rings. The molecule has 1 saturated carbocycles. The lowest BCUT2D eigenvalue weighted by atomic mass is 9.57. The summed E-state index contributed by atoms with van der Waals surface area (Å²) in [7, 11) is 1.47. The number of fused-ring (bicyclic) bond motifs is 3. The molecule has 1 aromatic heterocycles. The molecule has 5 heteroatoms. The second kappa shape index (κ2) is 6.94. The predicted octanol–water partition coefficient (Wildman–Crippen LogP) is 4.30. The highest BCUT2D eigenvalue weighted by Crippen LogP contribution is 2.54. The van der Waals surface area contributed by atoms with E-state index in [1.54, 1.807) is 0 Å². The zero-order valence-corrected chi connectivity index (χ0v) is 17.2. The fourth-order valence-electron chi connectivity index (χ4n) is 5.53. The molecule has 1 aliphatic carbocycles. The Morgan fingerprint density at radius 1 is 1.32 bits per heavy atom. The van der Waals surface area contributed by atoms with Crippen molar-refractivity contribution in [3.63, 3.8) is 0 Å². The summed E-state index contributed by atoms with van der Waals surface area (Å²) in [6.45, 7) is 6.36. The van der Waals surface area contributed by atoms with Gasteiger partial charge in [0.25, 0.3) is 0 Å². The van der Waals surface area contributed by atoms with Crippen LogP contribution in [0.3, 0.4) is 0 Å². The average Bonchev–Trinajstić information content (AvgIpc) is 3.11. The normalized spacial score (nSPS) is 27.4. The number of methoxy groups -OCH3 is 1. The molecule has 2 atom stereocenters. The Kier molecular flexibility index (Phi) is 4.72. The number of aromatic nitrogens is 1. The maximum absolute atomic E-state index is 13.3. The number of aryl methyl sites for hydroxylation is 1. The first-order valence-electron chi connectivity index (χ1n) is 10.4. The van der Waals surface area contributed by atoms with E-state index in [1.165, 1.54) is 23.6 Å². The van der Waals surface area contributed by atoms with E-state index in [0.717, 1.165) is 31.2 Å². The summed E-state index contributed by atoms with van der Waals surface area (Å²) in [5.74, 6) is 0.259. The molecule has 0 radical (unpaired) electrons. The van der Waals surface area contributed by atoms with E-state index >= 15 is 0 Å². The molecule has 2 aromatic rings. The Labute approximate surface area is 166 Å². The predicted molar refractivity (Wildman–Crippen MR) is 109 cm³/mol. The summed E-state index contributed by atoms with van der Waals surface area (Å²) in [6, 6.07) is 6.57. The Morgan fingerprint density at radius 2 is 2.07 bits per heavy atom. The van der Waals surface area contributed by atoms with Crippen molar-refractivity contribution < 1.29 is 14.3 Å². The van der Waals surface area contributed by atoms with Crippen LogP contribution in [-0.2, 0) is 14.3 Å². The van der Waals surface area contributed by atoms with Gasteiger partial charge in [0.15, 0.2) is 0 Å². The van der Waals surface area contributed by atoms with Gasteiger partial charge in [0.2, 0.25) is 5.91 Å². The second-order valence-corrected chi connectivity index (χ2v) is 8.75. The first-order valence-corrected chi connectivity index (χ1v) is 10.4. The van der Waals surface area contributed by atoms with Crippen LogP contribution in [0.15, 0.2) is 24.4 Å². The van der Waals surface area contributed by atoms with Crippen molar-refractivity contribution in [1.82, 2.24) is 9.88 Å². The van der Waals surface area contributed by atoms with Gasteiger partial charge in [-0.15, -0.1) is 0 Å². The van der Waals surface area contributed by atoms with Crippen molar-refractivity contribution in [1.29, 1.82) is 0 Å². The standard InChI is InChI=1S/C23H30N2O3/c1-5-16-10-23(22(27)28-4)11-17(12-23)25(16)20(26)9-15(3)18-13-24-19-8-6-7-14(2)21(18)19/h6-8,13,15-17,24H,5,9-12H2,1-4H3. The molecule has 28 heavy (non-hydrogen) atoms. The highest BCUT2D eigenvalue weighted by atomic mass is 16.5. The first kappa shape index (κ1) is 19.0. The van der Waals surface area contributed by atoms with Crippen LogP contribution >= 0.6 is 0 Å². The van der Waals surface area contributed by atoms with Crippen LogP contribution < -0.4 is 0 Å². The smallest absolute Gasteiger partial charge is 0.312 e. The third kappa shape index (κ3) is 2.83. The Bertz CT molecular complexity index is 910. The molecule has 3 heterocycles. The molecule has 2 unspecified atom stereocenters. The van der Waals surface area contributed by atoms with Crippen molar-refractivity contribution in [2.75, 3.05) is 7.11 Å². The van der Waals surface area contributed by atoms with Crippen molar-refractivity contribution in [3.05, 3.63) is 35.5 Å². The number of amides is 1. The number of nitrogens with zero attached hydrogens (tertiary/aromatic N) is 1. The van der Waals surface area contributed by atoms with Gasteiger partial charge in [-0.1, -0.05) is 26.0 Å². The number of carbonyl (C=O) groups is 2. The Hall–Kier alpha value is -2.30. The number of nitrogens with one attached hydrogen (secondary N) is 1. The number of benzene rings is 1. The molecule has 1 aromatic carbocycles. The molecule has 2 bridgehead atoms. The summed E-state index contributed by atoms with van der Waals surface area (Å²) < 4.78 is 5.04. The molecule has 0 spiro atoms. The summed E-state index contributed by atoms with van der Waals surface area (Å²) in [4.78, 5) is 30.9. The van der Waals surface area contributed by atoms with Gasteiger partial charge in [-0.05, 0) is 55.7 Å². The van der Waals surface area contributed by atoms with Gasteiger partial charge >= 0.3 is 5.97 Å². The van der Waals surface area contributed by atoms with Crippen LogP contribution in [0.2, 0.25) is 0 Å². The number of ether oxygens (including phenoxy) is 1. The largest absolute Gasteiger partial charge is 0.469 e. The number of H-pyrrole nitrogens is 1. The first-order chi connectivity index (χ1) is 13.4. The van der Waals surface area contributed by atoms with E-state index in [1.807, 2.05) is 0 Å². The molecule has 2 aliphatic heterocycles. The zero-order chi connectivity index (χ0) is 20.1. The van der Waals surface area contributed by atoms with Crippen LogP contribution in [-0.4, -0.2) is 41.0 Å². The molecular weight excluding hydrogens is 352 g/mol. The fraction of sp³-hybridized carbons (Fsp3) is 0.565. The van der Waals surface area contributed by atoms with Crippen LogP contribution in [0.1, 0.15) is 63.0 Å². The number of esters is 1. The van der Waals surface area contributed by atoms with Crippen molar-refractivity contribution >= 4 is 22.8 Å². The highest BCUT2D eigenvalue weighted by Gasteiger charge is 2.59. The van der Waals surface area contributed by atoms with Crippen molar-refractivity contribution in [3.8, 4) is 0 Å². The van der Waals surface area contributed by atoms with Gasteiger partial charge in [0.05, 0.1) is 12.5 Å². The minimum Gasteiger partial charge on any atom is -0.469 e. The summed E-state index contributed by atoms with van der Waals surface area (Å²) in [6.07, 6.45) is 5.67. The van der Waals surface area contributed by atoms with Crippen LogP contribution in [0.4, 0.5) is 0 Å². The van der Waals surface area contributed by atoms with Crippen LogP contribution in [0, 0.1) is 12.3 Å². The maximum atomic E-state index is 13.3. The fourth-order valence-corrected chi connectivity index (χ4v) is 5.53. The SMILES string of the molecule is CCC1CC2(C(=O)OC)CC(C2)N1C(=O)CC(C)c1c[nH]c2cccc(C)c12. The molecule has 5 rings (SSSR count). The van der Waals surface area contributed by atoms with E-state index in [4.69, 9.17) is 4.74 Å². The Morgan fingerprint density at radius 3 is 2.75 bits per heavy atom. The number of piperidine rings is 2. The molecule has 150 valence electrons. The lowest BCUT2D eigenvalue weighted by Gasteiger charge is -2.59. The van der Waals surface area contributed by atoms with E-state index in [0.29, 0.717) is 6.42 Å². The topological polar surface area (TPSA) is 62.4 Å². The molecule has 3 aliphatic rings. The van der Waals surface area contributed by atoms with Gasteiger partial charge in [-0.2, -0.15) is 0 Å². The van der Waals surface area contributed by atoms with Crippen LogP contribution in [0.25, 0.3) is 10.9 Å². The van der Waals surface area contributed by atoms with E-state index in [2.05, 4.69) is 55.1 Å². The van der Waals surface area contributed by atoms with Crippen molar-refractivity contribution in [2.45, 2.75) is 70.9 Å². The lowest BCUT2D eigenvalue weighted by molar-refractivity contribution is -0.183. The third-order valence-corrected chi connectivity index (χ3v) is 7.00. The summed E-state index contributed by atoms with van der Waals surface area (Å²) in [5, 5.41) is 1.24. The van der Waals surface area contributed by atoms with E-state index < -0.39 is 0 Å². The summed E-state index contributed by atoms with van der Waals surface area (Å²) >= 11 is 0. The van der Waals surface area contributed by atoms with Gasteiger partial charge in [-0.25, -0.2) is 0 Å².